The molecule has 1 amide bonds. The first kappa shape index (κ1) is 14.8. The van der Waals surface area contributed by atoms with Crippen LogP contribution in [0.2, 0.25) is 0 Å². The lowest BCUT2D eigenvalue weighted by molar-refractivity contribution is -0.134. The van der Waals surface area contributed by atoms with Crippen molar-refractivity contribution in [2.75, 3.05) is 19.6 Å². The summed E-state index contributed by atoms with van der Waals surface area (Å²) >= 11 is 0. The van der Waals surface area contributed by atoms with Crippen LogP contribution >= 0.6 is 12.4 Å². The molecule has 1 saturated carbocycles. The molecule has 0 aromatic heterocycles. The van der Waals surface area contributed by atoms with Crippen LogP contribution in [0.25, 0.3) is 0 Å². The Morgan fingerprint density at radius 2 is 1.94 bits per heavy atom. The molecule has 2 rings (SSSR count). The zero-order chi connectivity index (χ0) is 11.5. The Kier molecular flexibility index (Phi) is 5.74. The monoisotopic (exact) mass is 260 g/mol. The van der Waals surface area contributed by atoms with Crippen molar-refractivity contribution in [2.45, 2.75) is 45.6 Å². The number of hydrogen-bond donors (Lipinski definition) is 1. The predicted molar refractivity (Wildman–Crippen MR) is 72.4 cm³/mol. The zero-order valence-electron chi connectivity index (χ0n) is 10.9. The third-order valence-corrected chi connectivity index (χ3v) is 3.84. The largest absolute Gasteiger partial charge is 0.339 e. The highest BCUT2D eigenvalue weighted by molar-refractivity contribution is 5.85. The van der Waals surface area contributed by atoms with Gasteiger partial charge in [0.15, 0.2) is 0 Å². The second-order valence-electron chi connectivity index (χ2n) is 5.65. The smallest absolute Gasteiger partial charge is 0.236 e. The van der Waals surface area contributed by atoms with E-state index in [1.165, 1.54) is 19.3 Å². The quantitative estimate of drug-likeness (QED) is 0.839. The molecular weight excluding hydrogens is 236 g/mol. The molecule has 0 spiro atoms. The summed E-state index contributed by atoms with van der Waals surface area (Å²) in [6.45, 7) is 6.93. The van der Waals surface area contributed by atoms with E-state index in [0.717, 1.165) is 25.4 Å². The summed E-state index contributed by atoms with van der Waals surface area (Å²) in [6.07, 6.45) is 5.12. The van der Waals surface area contributed by atoms with Crippen LogP contribution in [0.4, 0.5) is 0 Å². The van der Waals surface area contributed by atoms with Crippen LogP contribution in [0.3, 0.4) is 0 Å². The van der Waals surface area contributed by atoms with Crippen molar-refractivity contribution in [3.8, 4) is 0 Å². The molecule has 1 aliphatic carbocycles. The first-order chi connectivity index (χ1) is 7.66. The average Bonchev–Trinajstić information content (AvgIpc) is 3.05. The van der Waals surface area contributed by atoms with Crippen LogP contribution in [0.1, 0.15) is 39.5 Å². The normalized spacial score (nSPS) is 28.7. The van der Waals surface area contributed by atoms with Crippen LogP contribution in [0.5, 0.6) is 0 Å². The Morgan fingerprint density at radius 1 is 1.24 bits per heavy atom. The topological polar surface area (TPSA) is 32.3 Å². The standard InChI is InChI=1S/C13H24N2O.ClH/c1-10-3-4-11(2)15(9-10)13(16)8-14-7-12-5-6-12;/h10-12,14H,3-9H2,1-2H3;1H. The van der Waals surface area contributed by atoms with Crippen molar-refractivity contribution in [1.29, 1.82) is 0 Å². The van der Waals surface area contributed by atoms with E-state index in [9.17, 15) is 4.79 Å². The zero-order valence-corrected chi connectivity index (χ0v) is 11.8. The number of rotatable bonds is 4. The molecule has 0 bridgehead atoms. The molecule has 2 fully saturated rings. The molecule has 0 aromatic rings. The molecule has 3 nitrogen and oxygen atoms in total. The molecule has 0 aromatic carbocycles. The third-order valence-electron chi connectivity index (χ3n) is 3.84. The Morgan fingerprint density at radius 3 is 2.59 bits per heavy atom. The second kappa shape index (κ2) is 6.60. The van der Waals surface area contributed by atoms with E-state index in [2.05, 4.69) is 24.1 Å². The van der Waals surface area contributed by atoms with E-state index in [1.54, 1.807) is 0 Å². The van der Waals surface area contributed by atoms with Crippen molar-refractivity contribution in [2.24, 2.45) is 11.8 Å². The highest BCUT2D eigenvalue weighted by Crippen LogP contribution is 2.27. The summed E-state index contributed by atoms with van der Waals surface area (Å²) in [6, 6.07) is 0.437. The minimum atomic E-state index is 0. The van der Waals surface area contributed by atoms with Crippen LogP contribution in [-0.4, -0.2) is 36.5 Å². The summed E-state index contributed by atoms with van der Waals surface area (Å²) in [4.78, 5) is 14.1. The number of nitrogens with zero attached hydrogens (tertiary/aromatic N) is 1. The molecule has 1 N–H and O–H groups in total. The number of carbonyl (C=O) groups excluding carboxylic acids is 1. The summed E-state index contributed by atoms with van der Waals surface area (Å²) in [5.41, 5.74) is 0. The number of nitrogens with one attached hydrogen (secondary N) is 1. The molecule has 0 radical (unpaired) electrons. The van der Waals surface area contributed by atoms with Gasteiger partial charge in [-0.05, 0) is 51.0 Å². The van der Waals surface area contributed by atoms with Gasteiger partial charge in [0.2, 0.25) is 5.91 Å². The summed E-state index contributed by atoms with van der Waals surface area (Å²) in [7, 11) is 0. The van der Waals surface area contributed by atoms with E-state index in [-0.39, 0.29) is 12.4 Å². The first-order valence-electron chi connectivity index (χ1n) is 6.67. The number of hydrogen-bond acceptors (Lipinski definition) is 2. The maximum atomic E-state index is 12.0. The molecule has 2 aliphatic rings. The fourth-order valence-corrected chi connectivity index (χ4v) is 2.44. The maximum Gasteiger partial charge on any atom is 0.236 e. The Bertz CT molecular complexity index is 256. The van der Waals surface area contributed by atoms with Gasteiger partial charge in [-0.25, -0.2) is 0 Å². The van der Waals surface area contributed by atoms with Crippen molar-refractivity contribution >= 4 is 18.3 Å². The highest BCUT2D eigenvalue weighted by atomic mass is 35.5. The Hall–Kier alpha value is -0.280. The van der Waals surface area contributed by atoms with E-state index >= 15 is 0 Å². The molecule has 17 heavy (non-hydrogen) atoms. The molecule has 1 aliphatic heterocycles. The fraction of sp³-hybridized carbons (Fsp3) is 0.923. The second-order valence-corrected chi connectivity index (χ2v) is 5.65. The van der Waals surface area contributed by atoms with Crippen LogP contribution in [0.15, 0.2) is 0 Å². The number of amides is 1. The lowest BCUT2D eigenvalue weighted by Crippen LogP contribution is -2.48. The minimum absolute atomic E-state index is 0. The average molecular weight is 261 g/mol. The maximum absolute atomic E-state index is 12.0. The van der Waals surface area contributed by atoms with Crippen LogP contribution in [0, 0.1) is 11.8 Å². The van der Waals surface area contributed by atoms with Gasteiger partial charge in [0, 0.05) is 12.6 Å². The number of likely N-dealkylation sites (tertiary alicyclic amines) is 1. The fourth-order valence-electron chi connectivity index (χ4n) is 2.44. The Labute approximate surface area is 111 Å². The Balaban J connectivity index is 0.00000144. The van der Waals surface area contributed by atoms with Gasteiger partial charge in [0.25, 0.3) is 0 Å². The van der Waals surface area contributed by atoms with E-state index in [0.29, 0.717) is 24.4 Å². The molecule has 1 heterocycles. The minimum Gasteiger partial charge on any atom is -0.339 e. The molecule has 1 saturated heterocycles. The summed E-state index contributed by atoms with van der Waals surface area (Å²) in [5.74, 6) is 1.81. The highest BCUT2D eigenvalue weighted by Gasteiger charge is 2.27. The molecular formula is C13H25ClN2O. The lowest BCUT2D eigenvalue weighted by Gasteiger charge is -2.37. The predicted octanol–water partition coefficient (Wildman–Crippen LogP) is 2.05. The van der Waals surface area contributed by atoms with Gasteiger partial charge in [0.1, 0.15) is 0 Å². The van der Waals surface area contributed by atoms with Gasteiger partial charge in [-0.15, -0.1) is 12.4 Å². The SMILES string of the molecule is CC1CCC(C)N(C(=O)CNCC2CC2)C1.Cl. The molecule has 100 valence electrons. The van der Waals surface area contributed by atoms with Crippen molar-refractivity contribution in [3.63, 3.8) is 0 Å². The third kappa shape index (κ3) is 4.47. The van der Waals surface area contributed by atoms with Gasteiger partial charge in [-0.2, -0.15) is 0 Å². The van der Waals surface area contributed by atoms with Gasteiger partial charge in [-0.3, -0.25) is 4.79 Å². The molecule has 2 atom stereocenters. The van der Waals surface area contributed by atoms with Crippen LogP contribution in [-0.2, 0) is 4.79 Å². The van der Waals surface area contributed by atoms with E-state index < -0.39 is 0 Å². The van der Waals surface area contributed by atoms with Crippen molar-refractivity contribution < 1.29 is 4.79 Å². The van der Waals surface area contributed by atoms with Crippen molar-refractivity contribution in [1.82, 2.24) is 10.2 Å². The lowest BCUT2D eigenvalue weighted by atomic mass is 9.95. The van der Waals surface area contributed by atoms with Crippen molar-refractivity contribution in [3.05, 3.63) is 0 Å². The number of halogens is 1. The summed E-state index contributed by atoms with van der Waals surface area (Å²) < 4.78 is 0. The summed E-state index contributed by atoms with van der Waals surface area (Å²) in [5, 5.41) is 3.29. The number of piperidine rings is 1. The first-order valence-corrected chi connectivity index (χ1v) is 6.67. The van der Waals surface area contributed by atoms with Gasteiger partial charge in [-0.1, -0.05) is 6.92 Å². The van der Waals surface area contributed by atoms with Crippen LogP contribution < -0.4 is 5.32 Å². The van der Waals surface area contributed by atoms with Gasteiger partial charge in [0.05, 0.1) is 6.54 Å². The van der Waals surface area contributed by atoms with E-state index in [4.69, 9.17) is 0 Å². The van der Waals surface area contributed by atoms with Gasteiger partial charge >= 0.3 is 0 Å². The van der Waals surface area contributed by atoms with E-state index in [1.807, 2.05) is 0 Å². The number of carbonyl (C=O) groups is 1. The van der Waals surface area contributed by atoms with Gasteiger partial charge < -0.3 is 10.2 Å². The molecule has 2 unspecified atom stereocenters. The molecule has 4 heteroatoms.